The van der Waals surface area contributed by atoms with Gasteiger partial charge in [-0.15, -0.1) is 20.4 Å². The SMILES string of the molecule is C1=CC(c2nnc(-c3ccccn3)nn2)=NCC1. The summed E-state index contributed by atoms with van der Waals surface area (Å²) in [5.74, 6) is 0.866. The molecule has 1 aliphatic heterocycles. The molecule has 6 heteroatoms. The molecular formula is C12H10N6. The van der Waals surface area contributed by atoms with Crippen LogP contribution in [0.3, 0.4) is 0 Å². The van der Waals surface area contributed by atoms with Gasteiger partial charge in [-0.25, -0.2) is 0 Å². The van der Waals surface area contributed by atoms with Gasteiger partial charge < -0.3 is 0 Å². The van der Waals surface area contributed by atoms with Gasteiger partial charge in [-0.3, -0.25) is 9.98 Å². The molecule has 0 spiro atoms. The van der Waals surface area contributed by atoms with E-state index in [2.05, 4.69) is 30.4 Å². The van der Waals surface area contributed by atoms with Crippen LogP contribution in [0.1, 0.15) is 12.2 Å². The number of hydrogen-bond donors (Lipinski definition) is 0. The number of nitrogens with zero attached hydrogens (tertiary/aromatic N) is 6. The molecule has 88 valence electrons. The Kier molecular flexibility index (Phi) is 2.83. The lowest BCUT2D eigenvalue weighted by molar-refractivity contribution is 0.841. The van der Waals surface area contributed by atoms with Crippen LogP contribution in [-0.2, 0) is 0 Å². The highest BCUT2D eigenvalue weighted by Crippen LogP contribution is 2.08. The molecule has 3 heterocycles. The summed E-state index contributed by atoms with van der Waals surface area (Å²) in [5.41, 5.74) is 1.39. The number of pyridine rings is 1. The number of aliphatic imine (C=N–C) groups is 1. The van der Waals surface area contributed by atoms with E-state index in [1.165, 1.54) is 0 Å². The smallest absolute Gasteiger partial charge is 0.221 e. The lowest BCUT2D eigenvalue weighted by Crippen LogP contribution is -2.11. The molecule has 0 bridgehead atoms. The zero-order valence-electron chi connectivity index (χ0n) is 9.56. The van der Waals surface area contributed by atoms with Gasteiger partial charge in [-0.05, 0) is 24.6 Å². The van der Waals surface area contributed by atoms with Crippen LogP contribution in [0.5, 0.6) is 0 Å². The van der Waals surface area contributed by atoms with E-state index < -0.39 is 0 Å². The number of rotatable bonds is 2. The Morgan fingerprint density at radius 1 is 0.944 bits per heavy atom. The molecule has 0 aliphatic carbocycles. The minimum Gasteiger partial charge on any atom is -0.281 e. The maximum absolute atomic E-state index is 4.31. The van der Waals surface area contributed by atoms with Crippen LogP contribution < -0.4 is 0 Å². The van der Waals surface area contributed by atoms with Crippen LogP contribution >= 0.6 is 0 Å². The van der Waals surface area contributed by atoms with Crippen molar-refractivity contribution in [2.75, 3.05) is 6.54 Å². The molecule has 2 aromatic rings. The lowest BCUT2D eigenvalue weighted by atomic mass is 10.2. The first-order valence-corrected chi connectivity index (χ1v) is 5.63. The average Bonchev–Trinajstić information content (AvgIpc) is 2.49. The van der Waals surface area contributed by atoms with Crippen molar-refractivity contribution < 1.29 is 0 Å². The van der Waals surface area contributed by atoms with Gasteiger partial charge in [-0.1, -0.05) is 12.1 Å². The normalized spacial score (nSPS) is 14.3. The van der Waals surface area contributed by atoms with Crippen molar-refractivity contribution in [3.63, 3.8) is 0 Å². The van der Waals surface area contributed by atoms with E-state index in [9.17, 15) is 0 Å². The molecule has 0 aromatic carbocycles. The van der Waals surface area contributed by atoms with E-state index in [0.717, 1.165) is 18.7 Å². The second-order valence-electron chi connectivity index (χ2n) is 3.72. The van der Waals surface area contributed by atoms with Crippen LogP contribution in [0, 0.1) is 0 Å². The van der Waals surface area contributed by atoms with Gasteiger partial charge in [0.05, 0.1) is 0 Å². The third-order valence-corrected chi connectivity index (χ3v) is 2.46. The molecule has 0 fully saturated rings. The maximum Gasteiger partial charge on any atom is 0.221 e. The quantitative estimate of drug-likeness (QED) is 0.782. The standard InChI is InChI=1S/C12H10N6/c1-3-7-13-9(5-1)11-15-17-12(18-16-11)10-6-2-4-8-14-10/h1-3,5-7H,4,8H2. The van der Waals surface area contributed by atoms with Gasteiger partial charge in [0.2, 0.25) is 11.6 Å². The molecule has 0 amide bonds. The fourth-order valence-corrected chi connectivity index (χ4v) is 1.58. The van der Waals surface area contributed by atoms with Crippen molar-refractivity contribution in [3.05, 3.63) is 42.4 Å². The van der Waals surface area contributed by atoms with Crippen molar-refractivity contribution in [3.8, 4) is 11.5 Å². The lowest BCUT2D eigenvalue weighted by Gasteiger charge is -2.03. The van der Waals surface area contributed by atoms with Gasteiger partial charge in [0.25, 0.3) is 0 Å². The molecule has 0 N–H and O–H groups in total. The Balaban J connectivity index is 1.90. The highest BCUT2D eigenvalue weighted by Gasteiger charge is 2.09. The second-order valence-corrected chi connectivity index (χ2v) is 3.72. The van der Waals surface area contributed by atoms with Crippen LogP contribution in [0.25, 0.3) is 11.5 Å². The first kappa shape index (κ1) is 10.6. The molecule has 0 radical (unpaired) electrons. The summed E-state index contributed by atoms with van der Waals surface area (Å²) in [7, 11) is 0. The Bertz CT molecular complexity index is 588. The number of allylic oxidation sites excluding steroid dienone is 1. The number of dihydropyridines is 1. The summed E-state index contributed by atoms with van der Waals surface area (Å²) in [6.07, 6.45) is 6.57. The fourth-order valence-electron chi connectivity index (χ4n) is 1.58. The first-order chi connectivity index (χ1) is 8.93. The largest absolute Gasteiger partial charge is 0.281 e. The second kappa shape index (κ2) is 4.79. The molecule has 0 atom stereocenters. The number of hydrogen-bond acceptors (Lipinski definition) is 6. The Labute approximate surface area is 104 Å². The van der Waals surface area contributed by atoms with Gasteiger partial charge in [0.15, 0.2) is 0 Å². The van der Waals surface area contributed by atoms with Gasteiger partial charge >= 0.3 is 0 Å². The fraction of sp³-hybridized carbons (Fsp3) is 0.167. The van der Waals surface area contributed by atoms with Crippen LogP contribution in [0.2, 0.25) is 0 Å². The molecule has 18 heavy (non-hydrogen) atoms. The minimum atomic E-state index is 0.416. The summed E-state index contributed by atoms with van der Waals surface area (Å²) in [6, 6.07) is 5.52. The van der Waals surface area contributed by atoms with Crippen molar-refractivity contribution in [2.45, 2.75) is 6.42 Å². The number of aromatic nitrogens is 5. The molecular weight excluding hydrogens is 228 g/mol. The first-order valence-electron chi connectivity index (χ1n) is 5.63. The van der Waals surface area contributed by atoms with E-state index in [1.807, 2.05) is 30.4 Å². The topological polar surface area (TPSA) is 76.8 Å². The summed E-state index contributed by atoms with van der Waals surface area (Å²) in [5, 5.41) is 16.1. The molecule has 1 aliphatic rings. The Morgan fingerprint density at radius 2 is 1.78 bits per heavy atom. The maximum atomic E-state index is 4.31. The monoisotopic (exact) mass is 238 g/mol. The van der Waals surface area contributed by atoms with Crippen molar-refractivity contribution in [2.24, 2.45) is 4.99 Å². The molecule has 3 rings (SSSR count). The van der Waals surface area contributed by atoms with Crippen LogP contribution in [-0.4, -0.2) is 37.6 Å². The Hall–Kier alpha value is -2.50. The van der Waals surface area contributed by atoms with Crippen LogP contribution in [0.4, 0.5) is 0 Å². The van der Waals surface area contributed by atoms with Gasteiger partial charge in [0.1, 0.15) is 11.4 Å². The molecule has 0 saturated carbocycles. The highest BCUT2D eigenvalue weighted by molar-refractivity contribution is 6.06. The van der Waals surface area contributed by atoms with E-state index in [0.29, 0.717) is 17.3 Å². The summed E-state index contributed by atoms with van der Waals surface area (Å²) in [6.45, 7) is 0.761. The van der Waals surface area contributed by atoms with E-state index >= 15 is 0 Å². The van der Waals surface area contributed by atoms with Gasteiger partial charge in [0, 0.05) is 12.7 Å². The zero-order valence-corrected chi connectivity index (χ0v) is 9.56. The average molecular weight is 238 g/mol. The minimum absolute atomic E-state index is 0.416. The zero-order chi connectivity index (χ0) is 12.2. The summed E-state index contributed by atoms with van der Waals surface area (Å²) >= 11 is 0. The Morgan fingerprint density at radius 3 is 2.44 bits per heavy atom. The van der Waals surface area contributed by atoms with Crippen LogP contribution in [0.15, 0.2) is 41.5 Å². The predicted octanol–water partition coefficient (Wildman–Crippen LogP) is 1.08. The van der Waals surface area contributed by atoms with Crippen molar-refractivity contribution in [1.82, 2.24) is 25.4 Å². The van der Waals surface area contributed by atoms with E-state index in [1.54, 1.807) is 6.20 Å². The van der Waals surface area contributed by atoms with Crippen molar-refractivity contribution >= 4 is 5.71 Å². The molecule has 2 aromatic heterocycles. The van der Waals surface area contributed by atoms with E-state index in [-0.39, 0.29) is 0 Å². The van der Waals surface area contributed by atoms with Gasteiger partial charge in [-0.2, -0.15) is 0 Å². The molecule has 0 saturated heterocycles. The molecule has 6 nitrogen and oxygen atoms in total. The third kappa shape index (κ3) is 2.13. The molecule has 0 unspecified atom stereocenters. The summed E-state index contributed by atoms with van der Waals surface area (Å²) < 4.78 is 0. The van der Waals surface area contributed by atoms with Crippen molar-refractivity contribution in [1.29, 1.82) is 0 Å². The third-order valence-electron chi connectivity index (χ3n) is 2.46. The van der Waals surface area contributed by atoms with E-state index in [4.69, 9.17) is 0 Å². The summed E-state index contributed by atoms with van der Waals surface area (Å²) in [4.78, 5) is 8.45. The highest BCUT2D eigenvalue weighted by atomic mass is 15.3. The predicted molar refractivity (Wildman–Crippen MR) is 66.0 cm³/mol.